The standard InChI is InChI=1S/C40H24O2/c1-2-10-25(11-3-1)37-29-13-4-6-15-31(29)38(32-16-7-5-14-30(32)37)26-18-20-27(21-19-26)39-33-22-23-41-36(33)24-34-28-12-8-9-17-35(28)42-40(34)39/h1-24H/i4D,5D,6D,7D,13D,14D,15D,16D. The van der Waals surface area contributed by atoms with E-state index in [1.165, 1.54) is 0 Å². The summed E-state index contributed by atoms with van der Waals surface area (Å²) in [6.07, 6.45) is 1.64. The molecule has 0 aliphatic rings. The second-order valence-electron chi connectivity index (χ2n) is 10.3. The minimum absolute atomic E-state index is 0.178. The Kier molecular flexibility index (Phi) is 3.54. The molecule has 2 nitrogen and oxygen atoms in total. The Bertz CT molecular complexity index is 2810. The van der Waals surface area contributed by atoms with Gasteiger partial charge in [-0.25, -0.2) is 0 Å². The number of rotatable bonds is 3. The number of hydrogen-bond donors (Lipinski definition) is 0. The van der Waals surface area contributed by atoms with E-state index in [-0.39, 0.29) is 45.7 Å². The van der Waals surface area contributed by atoms with Crippen molar-refractivity contribution in [3.63, 3.8) is 0 Å². The van der Waals surface area contributed by atoms with E-state index < -0.39 is 24.2 Å². The molecular formula is C40H24O2. The highest BCUT2D eigenvalue weighted by Crippen LogP contribution is 2.45. The summed E-state index contributed by atoms with van der Waals surface area (Å²) in [5.74, 6) is 0. The lowest BCUT2D eigenvalue weighted by Gasteiger charge is -2.18. The number of benzene rings is 7. The van der Waals surface area contributed by atoms with E-state index in [1.807, 2.05) is 66.7 Å². The molecule has 0 aliphatic carbocycles. The second-order valence-corrected chi connectivity index (χ2v) is 10.3. The molecule has 2 heterocycles. The van der Waals surface area contributed by atoms with Crippen LogP contribution in [0.1, 0.15) is 11.0 Å². The van der Waals surface area contributed by atoms with Crippen LogP contribution in [0.2, 0.25) is 0 Å². The highest BCUT2D eigenvalue weighted by Gasteiger charge is 2.19. The van der Waals surface area contributed by atoms with Gasteiger partial charge in [0, 0.05) is 21.7 Å². The highest BCUT2D eigenvalue weighted by molar-refractivity contribution is 6.22. The fourth-order valence-electron chi connectivity index (χ4n) is 6.18. The maximum atomic E-state index is 9.16. The molecule has 0 atom stereocenters. The zero-order valence-electron chi connectivity index (χ0n) is 30.1. The molecule has 0 aliphatic heterocycles. The number of furan rings is 2. The Morgan fingerprint density at radius 3 is 1.62 bits per heavy atom. The molecular weight excluding hydrogens is 512 g/mol. The maximum Gasteiger partial charge on any atom is 0.144 e. The summed E-state index contributed by atoms with van der Waals surface area (Å²) in [4.78, 5) is 0. The van der Waals surface area contributed by atoms with Crippen molar-refractivity contribution in [3.05, 3.63) is 146 Å². The second kappa shape index (κ2) is 8.95. The van der Waals surface area contributed by atoms with Crippen molar-refractivity contribution in [2.75, 3.05) is 0 Å². The molecule has 196 valence electrons. The summed E-state index contributed by atoms with van der Waals surface area (Å²) in [6.45, 7) is 0. The van der Waals surface area contributed by atoms with Gasteiger partial charge in [-0.15, -0.1) is 0 Å². The SMILES string of the molecule is [2H]c1c([2H])c([2H])c2c(-c3ccc(-c4c5ccoc5cc5c4oc4ccccc45)cc3)c3c([2H])c([2H])c([2H])c([2H])c3c(-c3ccccc3)c2c1[2H]. The molecule has 0 saturated carbocycles. The zero-order valence-corrected chi connectivity index (χ0v) is 22.1. The molecule has 0 unspecified atom stereocenters. The third-order valence-electron chi connectivity index (χ3n) is 8.00. The Labute approximate surface area is 253 Å². The predicted molar refractivity (Wildman–Crippen MR) is 175 cm³/mol. The van der Waals surface area contributed by atoms with Crippen LogP contribution >= 0.6 is 0 Å². The maximum absolute atomic E-state index is 9.16. The lowest BCUT2D eigenvalue weighted by atomic mass is 9.85. The van der Waals surface area contributed by atoms with Gasteiger partial charge in [0.1, 0.15) is 16.7 Å². The molecule has 0 amide bonds. The number of fused-ring (bicyclic) bond motifs is 6. The lowest BCUT2D eigenvalue weighted by molar-refractivity contribution is 0.616. The van der Waals surface area contributed by atoms with E-state index in [1.54, 1.807) is 30.5 Å². The van der Waals surface area contributed by atoms with Crippen LogP contribution in [0, 0.1) is 0 Å². The first-order valence-corrected chi connectivity index (χ1v) is 13.6. The van der Waals surface area contributed by atoms with Crippen LogP contribution in [0.3, 0.4) is 0 Å². The van der Waals surface area contributed by atoms with Crippen molar-refractivity contribution in [1.29, 1.82) is 0 Å². The smallest absolute Gasteiger partial charge is 0.144 e. The first kappa shape index (κ1) is 16.6. The fraction of sp³-hybridized carbons (Fsp3) is 0. The summed E-state index contributed by atoms with van der Waals surface area (Å²) in [7, 11) is 0. The van der Waals surface area contributed by atoms with Gasteiger partial charge in [0.2, 0.25) is 0 Å². The van der Waals surface area contributed by atoms with Gasteiger partial charge in [0.25, 0.3) is 0 Å². The van der Waals surface area contributed by atoms with Crippen LogP contribution in [0.15, 0.2) is 154 Å². The van der Waals surface area contributed by atoms with Gasteiger partial charge in [-0.3, -0.25) is 0 Å². The van der Waals surface area contributed by atoms with Crippen molar-refractivity contribution in [2.45, 2.75) is 0 Å². The van der Waals surface area contributed by atoms with Gasteiger partial charge in [-0.1, -0.05) is 121 Å². The van der Waals surface area contributed by atoms with Crippen LogP contribution in [0.5, 0.6) is 0 Å². The minimum atomic E-state index is -0.432. The van der Waals surface area contributed by atoms with Crippen LogP contribution in [0.4, 0.5) is 0 Å². The van der Waals surface area contributed by atoms with Crippen LogP contribution in [-0.2, 0) is 0 Å². The van der Waals surface area contributed by atoms with Crippen molar-refractivity contribution < 1.29 is 19.8 Å². The average molecular weight is 545 g/mol. The number of para-hydroxylation sites is 1. The van der Waals surface area contributed by atoms with Crippen LogP contribution in [0.25, 0.3) is 87.8 Å². The molecule has 0 radical (unpaired) electrons. The van der Waals surface area contributed by atoms with Crippen molar-refractivity contribution in [2.24, 2.45) is 0 Å². The predicted octanol–water partition coefficient (Wildman–Crippen LogP) is 11.6. The molecule has 2 heteroatoms. The third-order valence-corrected chi connectivity index (χ3v) is 8.00. The molecule has 42 heavy (non-hydrogen) atoms. The Hall–Kier alpha value is -5.60. The Morgan fingerprint density at radius 1 is 0.429 bits per heavy atom. The molecule has 9 aromatic rings. The molecule has 0 spiro atoms. The fourth-order valence-corrected chi connectivity index (χ4v) is 6.18. The Morgan fingerprint density at radius 2 is 0.976 bits per heavy atom. The average Bonchev–Trinajstić information content (AvgIpc) is 3.77. The van der Waals surface area contributed by atoms with Crippen LogP contribution in [-0.4, -0.2) is 0 Å². The van der Waals surface area contributed by atoms with E-state index in [4.69, 9.17) is 19.8 Å². The summed E-state index contributed by atoms with van der Waals surface area (Å²) >= 11 is 0. The summed E-state index contributed by atoms with van der Waals surface area (Å²) < 4.78 is 83.3. The van der Waals surface area contributed by atoms with E-state index >= 15 is 0 Å². The first-order chi connectivity index (χ1) is 24.2. The lowest BCUT2D eigenvalue weighted by Crippen LogP contribution is -1.90. The molecule has 0 N–H and O–H groups in total. The van der Waals surface area contributed by atoms with Crippen molar-refractivity contribution in [3.8, 4) is 33.4 Å². The number of hydrogen-bond acceptors (Lipinski definition) is 2. The normalized spacial score (nSPS) is 14.5. The van der Waals surface area contributed by atoms with Gasteiger partial charge < -0.3 is 8.83 Å². The zero-order chi connectivity index (χ0) is 34.6. The molecule has 0 saturated heterocycles. The monoisotopic (exact) mass is 544 g/mol. The molecule has 9 rings (SSSR count). The minimum Gasteiger partial charge on any atom is -0.464 e. The molecule has 0 fully saturated rings. The van der Waals surface area contributed by atoms with Gasteiger partial charge in [-0.05, 0) is 67.6 Å². The summed E-state index contributed by atoms with van der Waals surface area (Å²) in [5, 5.41) is 3.45. The molecule has 0 bridgehead atoms. The van der Waals surface area contributed by atoms with Gasteiger partial charge >= 0.3 is 0 Å². The topological polar surface area (TPSA) is 26.3 Å². The van der Waals surface area contributed by atoms with E-state index in [0.29, 0.717) is 33.4 Å². The largest absolute Gasteiger partial charge is 0.464 e. The quantitative estimate of drug-likeness (QED) is 0.207. The molecule has 2 aromatic heterocycles. The summed E-state index contributed by atoms with van der Waals surface area (Å²) in [5.41, 5.74) is 5.50. The van der Waals surface area contributed by atoms with E-state index in [9.17, 15) is 0 Å². The van der Waals surface area contributed by atoms with Gasteiger partial charge in [-0.2, -0.15) is 0 Å². The van der Waals surface area contributed by atoms with E-state index in [2.05, 4.69) is 0 Å². The van der Waals surface area contributed by atoms with Crippen molar-refractivity contribution >= 4 is 54.5 Å². The molecule has 7 aromatic carbocycles. The van der Waals surface area contributed by atoms with Crippen molar-refractivity contribution in [1.82, 2.24) is 0 Å². The van der Waals surface area contributed by atoms with Crippen LogP contribution < -0.4 is 0 Å². The van der Waals surface area contributed by atoms with Gasteiger partial charge in [0.05, 0.1) is 17.2 Å². The van der Waals surface area contributed by atoms with E-state index in [0.717, 1.165) is 32.9 Å². The van der Waals surface area contributed by atoms with Gasteiger partial charge in [0.15, 0.2) is 0 Å². The highest BCUT2D eigenvalue weighted by atomic mass is 16.3. The summed E-state index contributed by atoms with van der Waals surface area (Å²) in [6, 6.07) is 25.2. The third kappa shape index (κ3) is 3.33. The first-order valence-electron chi connectivity index (χ1n) is 17.6. The Balaban J connectivity index is 1.41.